The van der Waals surface area contributed by atoms with Gasteiger partial charge in [0.2, 0.25) is 0 Å². The van der Waals surface area contributed by atoms with Crippen LogP contribution in [0.15, 0.2) is 0 Å². The van der Waals surface area contributed by atoms with Crippen molar-refractivity contribution in [1.29, 1.82) is 0 Å². The maximum atomic E-state index is 12.2. The van der Waals surface area contributed by atoms with E-state index in [0.717, 1.165) is 25.7 Å². The van der Waals surface area contributed by atoms with Crippen LogP contribution in [0, 0.1) is 5.92 Å². The zero-order chi connectivity index (χ0) is 13.8. The van der Waals surface area contributed by atoms with Crippen molar-refractivity contribution in [2.75, 3.05) is 12.3 Å². The lowest BCUT2D eigenvalue weighted by Crippen LogP contribution is -2.39. The van der Waals surface area contributed by atoms with Crippen LogP contribution in [-0.2, 0) is 9.84 Å². The summed E-state index contributed by atoms with van der Waals surface area (Å²) in [5, 5.41) is 12.6. The Balaban J connectivity index is 2.47. The third-order valence-electron chi connectivity index (χ3n) is 3.58. The second kappa shape index (κ2) is 6.87. The molecular weight excluding hydrogens is 250 g/mol. The van der Waals surface area contributed by atoms with Crippen LogP contribution in [-0.4, -0.2) is 43.2 Å². The Hall–Kier alpha value is -0.130. The van der Waals surface area contributed by atoms with Crippen LogP contribution >= 0.6 is 0 Å². The molecule has 0 aromatic heterocycles. The Morgan fingerprint density at radius 2 is 2.00 bits per heavy atom. The van der Waals surface area contributed by atoms with Gasteiger partial charge in [-0.1, -0.05) is 33.6 Å². The van der Waals surface area contributed by atoms with Crippen LogP contribution in [0.1, 0.15) is 46.5 Å². The molecule has 3 unspecified atom stereocenters. The van der Waals surface area contributed by atoms with Gasteiger partial charge in [0, 0.05) is 12.6 Å². The molecular formula is C13H27NO3S. The van der Waals surface area contributed by atoms with Gasteiger partial charge in [0.15, 0.2) is 9.84 Å². The highest BCUT2D eigenvalue weighted by Gasteiger charge is 2.31. The Morgan fingerprint density at radius 1 is 1.33 bits per heavy atom. The van der Waals surface area contributed by atoms with Gasteiger partial charge >= 0.3 is 0 Å². The molecule has 1 aliphatic carbocycles. The predicted octanol–water partition coefficient (Wildman–Crippen LogP) is 1.34. The monoisotopic (exact) mass is 277 g/mol. The van der Waals surface area contributed by atoms with Gasteiger partial charge in [0.1, 0.15) is 0 Å². The molecule has 1 saturated carbocycles. The number of hydrogen-bond acceptors (Lipinski definition) is 4. The molecule has 0 bridgehead atoms. The van der Waals surface area contributed by atoms with Crippen LogP contribution in [0.2, 0.25) is 0 Å². The molecule has 1 aliphatic rings. The van der Waals surface area contributed by atoms with E-state index < -0.39 is 15.9 Å². The lowest BCUT2D eigenvalue weighted by molar-refractivity contribution is 0.189. The smallest absolute Gasteiger partial charge is 0.155 e. The van der Waals surface area contributed by atoms with E-state index >= 15 is 0 Å². The number of hydrogen-bond donors (Lipinski definition) is 2. The molecule has 0 aliphatic heterocycles. The fourth-order valence-electron chi connectivity index (χ4n) is 2.54. The Morgan fingerprint density at radius 3 is 2.56 bits per heavy atom. The topological polar surface area (TPSA) is 66.4 Å². The fraction of sp³-hybridized carbons (Fsp3) is 1.00. The SMILES string of the molecule is CC1CCCC(S(=O)(=O)CC(O)CNC(C)C)C1. The van der Waals surface area contributed by atoms with Gasteiger partial charge in [-0.25, -0.2) is 8.42 Å². The standard InChI is InChI=1S/C13H27NO3S/c1-10(2)14-8-12(15)9-18(16,17)13-6-4-5-11(3)7-13/h10-15H,4-9H2,1-3H3. The summed E-state index contributed by atoms with van der Waals surface area (Å²) >= 11 is 0. The second-order valence-electron chi connectivity index (χ2n) is 5.94. The normalized spacial score (nSPS) is 27.4. The first-order valence-corrected chi connectivity index (χ1v) is 8.66. The summed E-state index contributed by atoms with van der Waals surface area (Å²) in [5.41, 5.74) is 0. The molecule has 0 spiro atoms. The molecule has 0 amide bonds. The first kappa shape index (κ1) is 15.9. The van der Waals surface area contributed by atoms with E-state index in [1.54, 1.807) is 0 Å². The molecule has 108 valence electrons. The Kier molecular flexibility index (Phi) is 6.08. The highest BCUT2D eigenvalue weighted by atomic mass is 32.2. The van der Waals surface area contributed by atoms with E-state index in [1.807, 2.05) is 13.8 Å². The molecule has 2 N–H and O–H groups in total. The molecule has 5 heteroatoms. The maximum absolute atomic E-state index is 12.2. The van der Waals surface area contributed by atoms with Crippen molar-refractivity contribution < 1.29 is 13.5 Å². The average Bonchev–Trinajstić information content (AvgIpc) is 2.26. The molecule has 4 nitrogen and oxygen atoms in total. The number of aliphatic hydroxyl groups is 1. The minimum Gasteiger partial charge on any atom is -0.391 e. The van der Waals surface area contributed by atoms with Crippen LogP contribution in [0.3, 0.4) is 0 Å². The maximum Gasteiger partial charge on any atom is 0.155 e. The van der Waals surface area contributed by atoms with Crippen LogP contribution in [0.5, 0.6) is 0 Å². The van der Waals surface area contributed by atoms with Gasteiger partial charge in [-0.05, 0) is 18.8 Å². The summed E-state index contributed by atoms with van der Waals surface area (Å²) < 4.78 is 24.4. The minimum absolute atomic E-state index is 0.107. The lowest BCUT2D eigenvalue weighted by atomic mass is 9.91. The summed E-state index contributed by atoms with van der Waals surface area (Å²) in [4.78, 5) is 0. The lowest BCUT2D eigenvalue weighted by Gasteiger charge is -2.27. The Bertz CT molecular complexity index is 340. The summed E-state index contributed by atoms with van der Waals surface area (Å²) in [7, 11) is -3.15. The average molecular weight is 277 g/mol. The van der Waals surface area contributed by atoms with Crippen molar-refractivity contribution in [3.05, 3.63) is 0 Å². The molecule has 18 heavy (non-hydrogen) atoms. The summed E-state index contributed by atoms with van der Waals surface area (Å²) in [6.07, 6.45) is 2.84. The largest absolute Gasteiger partial charge is 0.391 e. The quantitative estimate of drug-likeness (QED) is 0.769. The van der Waals surface area contributed by atoms with E-state index in [9.17, 15) is 13.5 Å². The van der Waals surface area contributed by atoms with Crippen molar-refractivity contribution in [1.82, 2.24) is 5.32 Å². The summed E-state index contributed by atoms with van der Waals surface area (Å²) in [6, 6.07) is 0.261. The van der Waals surface area contributed by atoms with E-state index in [-0.39, 0.29) is 17.0 Å². The number of sulfone groups is 1. The van der Waals surface area contributed by atoms with E-state index in [2.05, 4.69) is 12.2 Å². The highest BCUT2D eigenvalue weighted by Crippen LogP contribution is 2.28. The molecule has 1 fully saturated rings. The van der Waals surface area contributed by atoms with E-state index in [1.165, 1.54) is 0 Å². The third-order valence-corrected chi connectivity index (χ3v) is 5.88. The summed E-state index contributed by atoms with van der Waals surface area (Å²) in [6.45, 7) is 6.41. The van der Waals surface area contributed by atoms with Crippen molar-refractivity contribution in [2.45, 2.75) is 63.9 Å². The molecule has 1 rings (SSSR count). The molecule has 0 aromatic rings. The predicted molar refractivity (Wildman–Crippen MR) is 74.4 cm³/mol. The molecule has 3 atom stereocenters. The molecule has 0 aromatic carbocycles. The third kappa shape index (κ3) is 5.24. The first-order valence-electron chi connectivity index (χ1n) is 6.94. The summed E-state index contributed by atoms with van der Waals surface area (Å²) in [5.74, 6) is 0.383. The van der Waals surface area contributed by atoms with Gasteiger partial charge in [0.05, 0.1) is 17.1 Å². The van der Waals surface area contributed by atoms with Crippen LogP contribution in [0.4, 0.5) is 0 Å². The highest BCUT2D eigenvalue weighted by molar-refractivity contribution is 7.92. The van der Waals surface area contributed by atoms with Gasteiger partial charge < -0.3 is 10.4 Å². The number of aliphatic hydroxyl groups excluding tert-OH is 1. The van der Waals surface area contributed by atoms with Crippen molar-refractivity contribution in [3.63, 3.8) is 0 Å². The van der Waals surface area contributed by atoms with E-state index in [0.29, 0.717) is 12.5 Å². The van der Waals surface area contributed by atoms with Crippen molar-refractivity contribution >= 4 is 9.84 Å². The van der Waals surface area contributed by atoms with Gasteiger partial charge in [0.25, 0.3) is 0 Å². The molecule has 0 saturated heterocycles. The van der Waals surface area contributed by atoms with Gasteiger partial charge in [-0.2, -0.15) is 0 Å². The first-order chi connectivity index (χ1) is 8.31. The van der Waals surface area contributed by atoms with Gasteiger partial charge in [-0.15, -0.1) is 0 Å². The van der Waals surface area contributed by atoms with Gasteiger partial charge in [-0.3, -0.25) is 0 Å². The van der Waals surface area contributed by atoms with E-state index in [4.69, 9.17) is 0 Å². The number of rotatable bonds is 6. The fourth-order valence-corrected chi connectivity index (χ4v) is 4.61. The molecule has 0 radical (unpaired) electrons. The number of nitrogens with one attached hydrogen (secondary N) is 1. The zero-order valence-electron chi connectivity index (χ0n) is 11.7. The van der Waals surface area contributed by atoms with Crippen molar-refractivity contribution in [3.8, 4) is 0 Å². The van der Waals surface area contributed by atoms with Crippen LogP contribution in [0.25, 0.3) is 0 Å². The Labute approximate surface area is 111 Å². The molecule has 0 heterocycles. The van der Waals surface area contributed by atoms with Crippen LogP contribution < -0.4 is 5.32 Å². The van der Waals surface area contributed by atoms with Crippen molar-refractivity contribution in [2.24, 2.45) is 5.92 Å². The minimum atomic E-state index is -3.15. The zero-order valence-corrected chi connectivity index (χ0v) is 12.5. The second-order valence-corrected chi connectivity index (χ2v) is 8.27.